The van der Waals surface area contributed by atoms with Gasteiger partial charge >= 0.3 is 6.03 Å². The summed E-state index contributed by atoms with van der Waals surface area (Å²) in [5.74, 6) is -1.60. The molecule has 1 aromatic carbocycles. The molecule has 2 atom stereocenters. The maximum atomic E-state index is 14.9. The van der Waals surface area contributed by atoms with E-state index < -0.39 is 17.7 Å². The molecular weight excluding hydrogens is 454 g/mol. The van der Waals surface area contributed by atoms with E-state index in [1.54, 1.807) is 17.2 Å². The number of rotatable bonds is 3. The normalized spacial score (nSPS) is 18.7. The molecule has 170 valence electrons. The van der Waals surface area contributed by atoms with Crippen LogP contribution in [0.25, 0.3) is 11.1 Å². The standard InChI is InChI=1S/C23H19ClF2N4O3/c1-33-22-18(26)5-12(9-28-22)14-7-17(25)19(8-16(14)24)29-23(32)30-13-2-3-20(30)15-10-27-21(31)6-11(15)4-13/h5-10,13,20H,2-4H2,1H3,(H,27,31)(H,29,32)/t13-,20+/m0/s1. The van der Waals surface area contributed by atoms with Gasteiger partial charge < -0.3 is 19.9 Å². The lowest BCUT2D eigenvalue weighted by atomic mass is 9.95. The Labute approximate surface area is 192 Å². The number of urea groups is 1. The number of halogens is 3. The third-order valence-electron chi connectivity index (χ3n) is 6.21. The highest BCUT2D eigenvalue weighted by molar-refractivity contribution is 6.33. The Hall–Kier alpha value is -3.46. The number of fused-ring (bicyclic) bond motifs is 4. The number of benzene rings is 1. The molecule has 2 aliphatic rings. The number of hydrogen-bond donors (Lipinski definition) is 2. The van der Waals surface area contributed by atoms with E-state index in [-0.39, 0.29) is 45.4 Å². The van der Waals surface area contributed by atoms with Crippen molar-refractivity contribution in [3.63, 3.8) is 0 Å². The zero-order chi connectivity index (χ0) is 23.3. The average molecular weight is 473 g/mol. The second-order valence-corrected chi connectivity index (χ2v) is 8.50. The number of carbonyl (C=O) groups excluding carboxylic acids is 1. The number of carbonyl (C=O) groups is 1. The number of ether oxygens (including phenoxy) is 1. The van der Waals surface area contributed by atoms with E-state index in [1.807, 2.05) is 0 Å². The van der Waals surface area contributed by atoms with Crippen LogP contribution >= 0.6 is 11.6 Å². The van der Waals surface area contributed by atoms with Crippen LogP contribution in [0.1, 0.15) is 30.0 Å². The third kappa shape index (κ3) is 3.72. The van der Waals surface area contributed by atoms with Crippen LogP contribution in [0, 0.1) is 11.6 Å². The summed E-state index contributed by atoms with van der Waals surface area (Å²) in [6.45, 7) is 0. The van der Waals surface area contributed by atoms with Crippen molar-refractivity contribution in [2.24, 2.45) is 0 Å². The Kier molecular flexibility index (Phi) is 5.28. The molecule has 0 saturated carbocycles. The number of methoxy groups -OCH3 is 1. The molecule has 0 unspecified atom stereocenters. The highest BCUT2D eigenvalue weighted by Gasteiger charge is 2.43. The Morgan fingerprint density at radius 2 is 2.06 bits per heavy atom. The zero-order valence-corrected chi connectivity index (χ0v) is 18.2. The second kappa shape index (κ2) is 8.15. The van der Waals surface area contributed by atoms with Crippen LogP contribution < -0.4 is 15.6 Å². The van der Waals surface area contributed by atoms with Crippen LogP contribution in [0.2, 0.25) is 5.02 Å². The number of aromatic nitrogens is 2. The second-order valence-electron chi connectivity index (χ2n) is 8.09. The van der Waals surface area contributed by atoms with Gasteiger partial charge in [0.05, 0.1) is 23.9 Å². The number of nitrogens with zero attached hydrogens (tertiary/aromatic N) is 2. The molecule has 0 spiro atoms. The van der Waals surface area contributed by atoms with Gasteiger partial charge in [0.25, 0.3) is 0 Å². The van der Waals surface area contributed by atoms with Gasteiger partial charge in [0.15, 0.2) is 5.82 Å². The minimum absolute atomic E-state index is 0.0737. The van der Waals surface area contributed by atoms with E-state index in [0.717, 1.165) is 36.1 Å². The summed E-state index contributed by atoms with van der Waals surface area (Å²) >= 11 is 6.34. The van der Waals surface area contributed by atoms with Crippen molar-refractivity contribution in [1.82, 2.24) is 14.9 Å². The van der Waals surface area contributed by atoms with Gasteiger partial charge in [0.2, 0.25) is 11.4 Å². The highest BCUT2D eigenvalue weighted by atomic mass is 35.5. The summed E-state index contributed by atoms with van der Waals surface area (Å²) in [5, 5.41) is 2.75. The number of anilines is 1. The van der Waals surface area contributed by atoms with Crippen molar-refractivity contribution in [1.29, 1.82) is 0 Å². The van der Waals surface area contributed by atoms with E-state index in [9.17, 15) is 18.4 Å². The van der Waals surface area contributed by atoms with Gasteiger partial charge in [-0.3, -0.25) is 4.79 Å². The van der Waals surface area contributed by atoms with Crippen molar-refractivity contribution < 1.29 is 18.3 Å². The summed E-state index contributed by atoms with van der Waals surface area (Å²) in [6, 6.07) is 4.44. The molecule has 2 amide bonds. The smallest absolute Gasteiger partial charge is 0.322 e. The lowest BCUT2D eigenvalue weighted by molar-refractivity contribution is 0.179. The van der Waals surface area contributed by atoms with Gasteiger partial charge in [-0.25, -0.2) is 18.6 Å². The maximum absolute atomic E-state index is 14.9. The van der Waals surface area contributed by atoms with Gasteiger partial charge in [0, 0.05) is 35.6 Å². The minimum atomic E-state index is -0.715. The fourth-order valence-corrected chi connectivity index (χ4v) is 5.00. The molecule has 1 saturated heterocycles. The highest BCUT2D eigenvalue weighted by Crippen LogP contribution is 2.43. The maximum Gasteiger partial charge on any atom is 0.322 e. The summed E-state index contributed by atoms with van der Waals surface area (Å²) in [6.07, 6.45) is 5.10. The summed E-state index contributed by atoms with van der Waals surface area (Å²) in [7, 11) is 1.29. The third-order valence-corrected chi connectivity index (χ3v) is 6.52. The SMILES string of the molecule is COc1ncc(-c2cc(F)c(NC(=O)N3[C@H]4CC[C@@H]3c3c[nH]c(=O)cc3C4)cc2Cl)cc1F. The molecule has 33 heavy (non-hydrogen) atoms. The predicted molar refractivity (Wildman–Crippen MR) is 119 cm³/mol. The van der Waals surface area contributed by atoms with E-state index in [4.69, 9.17) is 16.3 Å². The average Bonchev–Trinajstić information content (AvgIpc) is 3.10. The first-order valence-electron chi connectivity index (χ1n) is 10.4. The fourth-order valence-electron chi connectivity index (χ4n) is 4.73. The van der Waals surface area contributed by atoms with Gasteiger partial charge in [-0.05, 0) is 48.6 Å². The Bertz CT molecular complexity index is 1330. The zero-order valence-electron chi connectivity index (χ0n) is 17.5. The molecule has 7 nitrogen and oxygen atoms in total. The number of amides is 2. The van der Waals surface area contributed by atoms with Crippen molar-refractivity contribution in [2.45, 2.75) is 31.3 Å². The van der Waals surface area contributed by atoms with E-state index in [0.29, 0.717) is 6.42 Å². The first-order chi connectivity index (χ1) is 15.9. The molecule has 2 aromatic heterocycles. The van der Waals surface area contributed by atoms with E-state index >= 15 is 0 Å². The van der Waals surface area contributed by atoms with E-state index in [2.05, 4.69) is 15.3 Å². The van der Waals surface area contributed by atoms with E-state index in [1.165, 1.54) is 19.4 Å². The van der Waals surface area contributed by atoms with Crippen LogP contribution in [0.4, 0.5) is 19.3 Å². The van der Waals surface area contributed by atoms with Crippen molar-refractivity contribution in [3.8, 4) is 17.0 Å². The lowest BCUT2D eigenvalue weighted by Crippen LogP contribution is -2.44. The molecule has 4 heterocycles. The van der Waals surface area contributed by atoms with Gasteiger partial charge in [-0.1, -0.05) is 11.6 Å². The molecule has 1 fully saturated rings. The largest absolute Gasteiger partial charge is 0.479 e. The summed E-state index contributed by atoms with van der Waals surface area (Å²) in [5.41, 5.74) is 2.10. The van der Waals surface area contributed by atoms with Crippen LogP contribution in [0.15, 0.2) is 41.5 Å². The molecule has 0 radical (unpaired) electrons. The monoisotopic (exact) mass is 472 g/mol. The fraction of sp³-hybridized carbons (Fsp3) is 0.261. The quantitative estimate of drug-likeness (QED) is 0.580. The molecule has 5 rings (SSSR count). The van der Waals surface area contributed by atoms with Crippen molar-refractivity contribution in [3.05, 3.63) is 74.8 Å². The first-order valence-corrected chi connectivity index (χ1v) is 10.7. The lowest BCUT2D eigenvalue weighted by Gasteiger charge is -2.36. The van der Waals surface area contributed by atoms with Gasteiger partial charge in [-0.2, -0.15) is 0 Å². The Morgan fingerprint density at radius 1 is 1.24 bits per heavy atom. The van der Waals surface area contributed by atoms with Crippen molar-refractivity contribution in [2.75, 3.05) is 12.4 Å². The van der Waals surface area contributed by atoms with Crippen LogP contribution in [-0.2, 0) is 6.42 Å². The minimum Gasteiger partial charge on any atom is -0.479 e. The Balaban J connectivity index is 1.40. The van der Waals surface area contributed by atoms with Gasteiger partial charge in [-0.15, -0.1) is 0 Å². The first kappa shape index (κ1) is 21.4. The number of aromatic amines is 1. The van der Waals surface area contributed by atoms with Crippen LogP contribution in [0.5, 0.6) is 5.88 Å². The number of nitrogens with one attached hydrogen (secondary N) is 2. The van der Waals surface area contributed by atoms with Crippen molar-refractivity contribution >= 4 is 23.3 Å². The van der Waals surface area contributed by atoms with Gasteiger partial charge in [0.1, 0.15) is 5.82 Å². The number of pyridine rings is 2. The predicted octanol–water partition coefficient (Wildman–Crippen LogP) is 4.67. The summed E-state index contributed by atoms with van der Waals surface area (Å²) < 4.78 is 33.7. The molecule has 2 aliphatic heterocycles. The molecule has 10 heteroatoms. The molecule has 3 aromatic rings. The topological polar surface area (TPSA) is 87.3 Å². The van der Waals surface area contributed by atoms with Crippen LogP contribution in [0.3, 0.4) is 0 Å². The molecule has 0 aliphatic carbocycles. The Morgan fingerprint density at radius 3 is 2.82 bits per heavy atom. The molecule has 2 N–H and O–H groups in total. The molecule has 2 bridgehead atoms. The summed E-state index contributed by atoms with van der Waals surface area (Å²) in [4.78, 5) is 33.0. The van der Waals surface area contributed by atoms with Crippen LogP contribution in [-0.4, -0.2) is 34.1 Å². The number of hydrogen-bond acceptors (Lipinski definition) is 4. The number of H-pyrrole nitrogens is 1. The molecular formula is C23H19ClF2N4O3.